The molecule has 0 radical (unpaired) electrons. The van der Waals surface area contributed by atoms with E-state index in [9.17, 15) is 9.59 Å². The summed E-state index contributed by atoms with van der Waals surface area (Å²) in [4.78, 5) is 25.5. The van der Waals surface area contributed by atoms with Crippen molar-refractivity contribution in [2.24, 2.45) is 0 Å². The van der Waals surface area contributed by atoms with Crippen LogP contribution in [0.15, 0.2) is 72.4 Å². The van der Waals surface area contributed by atoms with Crippen LogP contribution in [0.1, 0.15) is 11.1 Å². The number of rotatable bonds is 4. The number of nitrogens with zero attached hydrogens (tertiary/aromatic N) is 1. The molecule has 4 nitrogen and oxygen atoms in total. The second-order valence-corrected chi connectivity index (χ2v) is 5.11. The number of hydrogen-bond donors (Lipinski definition) is 1. The molecular weight excluding hydrogens is 276 g/mol. The average molecular weight is 292 g/mol. The van der Waals surface area contributed by atoms with Crippen LogP contribution in [0.5, 0.6) is 0 Å². The predicted molar refractivity (Wildman–Crippen MR) is 83.8 cm³/mol. The lowest BCUT2D eigenvalue weighted by atomic mass is 10.1. The number of imide groups is 1. The third-order valence-corrected chi connectivity index (χ3v) is 3.53. The molecule has 0 atom stereocenters. The zero-order valence-electron chi connectivity index (χ0n) is 12.0. The van der Waals surface area contributed by atoms with Crippen LogP contribution in [-0.4, -0.2) is 16.8 Å². The number of benzene rings is 2. The average Bonchev–Trinajstić information content (AvgIpc) is 2.82. The minimum atomic E-state index is -0.367. The van der Waals surface area contributed by atoms with Crippen LogP contribution in [0.3, 0.4) is 0 Å². The minimum absolute atomic E-state index is 0.273. The third-order valence-electron chi connectivity index (χ3n) is 3.53. The van der Waals surface area contributed by atoms with Crippen molar-refractivity contribution in [1.82, 2.24) is 10.2 Å². The molecule has 110 valence electrons. The first-order valence-electron chi connectivity index (χ1n) is 7.15. The van der Waals surface area contributed by atoms with Gasteiger partial charge in [0.25, 0.3) is 5.91 Å². The fraction of sp³-hybridized carbons (Fsp3) is 0.111. The molecule has 4 heteroatoms. The molecule has 1 saturated heterocycles. The SMILES string of the molecule is O=C1NC(=CCc2ccccc2)C(=O)N1Cc1ccccc1. The normalized spacial score (nSPS) is 16.2. The van der Waals surface area contributed by atoms with Gasteiger partial charge in [-0.1, -0.05) is 66.7 Å². The quantitative estimate of drug-likeness (QED) is 0.696. The molecule has 0 spiro atoms. The van der Waals surface area contributed by atoms with Crippen molar-refractivity contribution in [2.75, 3.05) is 0 Å². The van der Waals surface area contributed by atoms with E-state index in [-0.39, 0.29) is 18.5 Å². The van der Waals surface area contributed by atoms with Crippen LogP contribution in [0.2, 0.25) is 0 Å². The molecule has 2 aromatic carbocycles. The Labute approximate surface area is 129 Å². The van der Waals surface area contributed by atoms with Gasteiger partial charge in [0.2, 0.25) is 0 Å². The molecule has 0 unspecified atom stereocenters. The first kappa shape index (κ1) is 14.1. The summed E-state index contributed by atoms with van der Waals surface area (Å²) in [5.74, 6) is -0.273. The highest BCUT2D eigenvalue weighted by molar-refractivity contribution is 6.11. The maximum Gasteiger partial charge on any atom is 0.329 e. The number of hydrogen-bond acceptors (Lipinski definition) is 2. The van der Waals surface area contributed by atoms with Crippen molar-refractivity contribution < 1.29 is 9.59 Å². The molecule has 1 heterocycles. The maximum atomic E-state index is 12.3. The first-order chi connectivity index (χ1) is 10.7. The lowest BCUT2D eigenvalue weighted by Crippen LogP contribution is -2.30. The van der Waals surface area contributed by atoms with Crippen molar-refractivity contribution in [2.45, 2.75) is 13.0 Å². The summed E-state index contributed by atoms with van der Waals surface area (Å²) >= 11 is 0. The third kappa shape index (κ3) is 3.06. The van der Waals surface area contributed by atoms with E-state index >= 15 is 0 Å². The lowest BCUT2D eigenvalue weighted by Gasteiger charge is -2.11. The Morgan fingerprint density at radius 1 is 0.864 bits per heavy atom. The monoisotopic (exact) mass is 292 g/mol. The van der Waals surface area contributed by atoms with Gasteiger partial charge in [-0.2, -0.15) is 0 Å². The highest BCUT2D eigenvalue weighted by Crippen LogP contribution is 2.15. The second-order valence-electron chi connectivity index (χ2n) is 5.11. The summed E-state index contributed by atoms with van der Waals surface area (Å²) in [7, 11) is 0. The maximum absolute atomic E-state index is 12.3. The Bertz CT molecular complexity index is 708. The predicted octanol–water partition coefficient (Wildman–Crippen LogP) is 2.87. The standard InChI is InChI=1S/C18H16N2O2/c21-17-16(12-11-14-7-3-1-4-8-14)19-18(22)20(17)13-15-9-5-2-6-10-15/h1-10,12H,11,13H2,(H,19,22). The Morgan fingerprint density at radius 2 is 1.45 bits per heavy atom. The summed E-state index contributed by atoms with van der Waals surface area (Å²) < 4.78 is 0. The minimum Gasteiger partial charge on any atom is -0.303 e. The molecule has 3 amide bonds. The Balaban J connectivity index is 1.71. The van der Waals surface area contributed by atoms with E-state index < -0.39 is 0 Å². The van der Waals surface area contributed by atoms with Gasteiger partial charge in [-0.3, -0.25) is 9.69 Å². The van der Waals surface area contributed by atoms with Gasteiger partial charge >= 0.3 is 6.03 Å². The topological polar surface area (TPSA) is 49.4 Å². The van der Waals surface area contributed by atoms with Gasteiger partial charge < -0.3 is 5.32 Å². The van der Waals surface area contributed by atoms with Crippen LogP contribution >= 0.6 is 0 Å². The number of carbonyl (C=O) groups is 2. The molecule has 22 heavy (non-hydrogen) atoms. The van der Waals surface area contributed by atoms with E-state index in [1.54, 1.807) is 6.08 Å². The van der Waals surface area contributed by atoms with Crippen molar-refractivity contribution in [3.05, 3.63) is 83.6 Å². The van der Waals surface area contributed by atoms with Crippen LogP contribution in [-0.2, 0) is 17.8 Å². The van der Waals surface area contributed by atoms with Crippen molar-refractivity contribution in [1.29, 1.82) is 0 Å². The smallest absolute Gasteiger partial charge is 0.303 e. The summed E-state index contributed by atoms with van der Waals surface area (Å²) in [5.41, 5.74) is 2.37. The second kappa shape index (κ2) is 6.26. The molecule has 1 fully saturated rings. The van der Waals surface area contributed by atoms with Crippen molar-refractivity contribution >= 4 is 11.9 Å². The Morgan fingerprint density at radius 3 is 2.09 bits per heavy atom. The van der Waals surface area contributed by atoms with Gasteiger partial charge in [0.15, 0.2) is 0 Å². The highest BCUT2D eigenvalue weighted by Gasteiger charge is 2.33. The van der Waals surface area contributed by atoms with Gasteiger partial charge in [-0.15, -0.1) is 0 Å². The van der Waals surface area contributed by atoms with Gasteiger partial charge in [0, 0.05) is 0 Å². The van der Waals surface area contributed by atoms with Gasteiger partial charge in [0.05, 0.1) is 6.54 Å². The Kier molecular flexibility index (Phi) is 4.01. The number of allylic oxidation sites excluding steroid dienone is 1. The Hall–Kier alpha value is -2.88. The van der Waals surface area contributed by atoms with E-state index in [0.717, 1.165) is 11.1 Å². The molecule has 0 saturated carbocycles. The highest BCUT2D eigenvalue weighted by atomic mass is 16.2. The first-order valence-corrected chi connectivity index (χ1v) is 7.15. The van der Waals surface area contributed by atoms with E-state index in [1.165, 1.54) is 4.90 Å². The molecular formula is C18H16N2O2. The lowest BCUT2D eigenvalue weighted by molar-refractivity contribution is -0.123. The zero-order valence-corrected chi connectivity index (χ0v) is 12.0. The number of nitrogens with one attached hydrogen (secondary N) is 1. The summed E-state index contributed by atoms with van der Waals surface area (Å²) in [6.45, 7) is 0.286. The molecule has 1 aliphatic heterocycles. The number of amides is 3. The van der Waals surface area contributed by atoms with Crippen molar-refractivity contribution in [3.63, 3.8) is 0 Å². The molecule has 1 N–H and O–H groups in total. The van der Waals surface area contributed by atoms with E-state index in [1.807, 2.05) is 60.7 Å². The van der Waals surface area contributed by atoms with E-state index in [2.05, 4.69) is 5.32 Å². The van der Waals surface area contributed by atoms with Gasteiger partial charge in [0.1, 0.15) is 5.70 Å². The largest absolute Gasteiger partial charge is 0.329 e. The van der Waals surface area contributed by atoms with Crippen LogP contribution in [0.4, 0.5) is 4.79 Å². The van der Waals surface area contributed by atoms with Gasteiger partial charge in [-0.05, 0) is 17.5 Å². The van der Waals surface area contributed by atoms with Crippen LogP contribution in [0.25, 0.3) is 0 Å². The van der Waals surface area contributed by atoms with Crippen molar-refractivity contribution in [3.8, 4) is 0 Å². The molecule has 0 aromatic heterocycles. The summed E-state index contributed by atoms with van der Waals surface area (Å²) in [6, 6.07) is 18.9. The van der Waals surface area contributed by atoms with E-state index in [4.69, 9.17) is 0 Å². The molecule has 1 aliphatic rings. The number of carbonyl (C=O) groups excluding carboxylic acids is 2. The van der Waals surface area contributed by atoms with Gasteiger partial charge in [-0.25, -0.2) is 4.79 Å². The van der Waals surface area contributed by atoms with E-state index in [0.29, 0.717) is 12.1 Å². The summed E-state index contributed by atoms with van der Waals surface area (Å²) in [5, 5.41) is 2.64. The summed E-state index contributed by atoms with van der Waals surface area (Å²) in [6.07, 6.45) is 2.38. The van der Waals surface area contributed by atoms with Crippen LogP contribution in [0, 0.1) is 0 Å². The molecule has 0 aliphatic carbocycles. The zero-order chi connectivity index (χ0) is 15.4. The van der Waals surface area contributed by atoms with Crippen LogP contribution < -0.4 is 5.32 Å². The number of urea groups is 1. The molecule has 3 rings (SSSR count). The fourth-order valence-corrected chi connectivity index (χ4v) is 2.36. The molecule has 2 aromatic rings. The molecule has 0 bridgehead atoms. The fourth-order valence-electron chi connectivity index (χ4n) is 2.36.